The maximum atomic E-state index is 10.9. The lowest BCUT2D eigenvalue weighted by Crippen LogP contribution is -2.41. The van der Waals surface area contributed by atoms with E-state index in [-0.39, 0.29) is 0 Å². The lowest BCUT2D eigenvalue weighted by atomic mass is 10.2. The van der Waals surface area contributed by atoms with Crippen LogP contribution in [-0.2, 0) is 14.3 Å². The van der Waals surface area contributed by atoms with Gasteiger partial charge < -0.3 is 30.9 Å². The molecule has 0 radical (unpaired) electrons. The fourth-order valence-corrected chi connectivity index (χ4v) is 0.586. The van der Waals surface area contributed by atoms with Gasteiger partial charge in [-0.1, -0.05) is 0 Å². The second-order valence-corrected chi connectivity index (χ2v) is 2.77. The van der Waals surface area contributed by atoms with E-state index in [0.29, 0.717) is 0 Å². The van der Waals surface area contributed by atoms with Crippen LogP contribution in [0.1, 0.15) is 0 Å². The molecule has 8 nitrogen and oxygen atoms in total. The maximum Gasteiger partial charge on any atom is 0.337 e. The van der Waals surface area contributed by atoms with Crippen LogP contribution in [0.5, 0.6) is 0 Å². The van der Waals surface area contributed by atoms with Crippen molar-refractivity contribution in [1.82, 2.24) is 0 Å². The molecule has 3 atom stereocenters. The van der Waals surface area contributed by atoms with E-state index in [9.17, 15) is 9.59 Å². The topological polar surface area (TPSA) is 150 Å². The van der Waals surface area contributed by atoms with Crippen molar-refractivity contribution >= 4 is 11.9 Å². The predicted octanol–water partition coefficient (Wildman–Crippen LogP) is -3.34. The molecule has 0 rings (SSSR count). The molecule has 0 saturated carbocycles. The van der Waals surface area contributed by atoms with Gasteiger partial charge in [0.05, 0.1) is 6.61 Å². The summed E-state index contributed by atoms with van der Waals surface area (Å²) in [6, 6.07) is -1.40. The molecule has 8 heteroatoms. The summed E-state index contributed by atoms with van der Waals surface area (Å²) in [5.41, 5.74) is 5.00. The number of carboxylic acid groups (broad SMARTS) is 1. The fraction of sp³-hybridized carbons (Fsp3) is 0.714. The van der Waals surface area contributed by atoms with Gasteiger partial charge in [0.25, 0.3) is 0 Å². The Morgan fingerprint density at radius 1 is 1.33 bits per heavy atom. The van der Waals surface area contributed by atoms with Crippen LogP contribution in [0.3, 0.4) is 0 Å². The van der Waals surface area contributed by atoms with E-state index in [0.717, 1.165) is 0 Å². The van der Waals surface area contributed by atoms with Crippen LogP contribution in [0.4, 0.5) is 0 Å². The highest BCUT2D eigenvalue weighted by molar-refractivity contribution is 5.77. The second-order valence-electron chi connectivity index (χ2n) is 2.77. The highest BCUT2D eigenvalue weighted by atomic mass is 16.6. The van der Waals surface area contributed by atoms with Crippen molar-refractivity contribution in [3.05, 3.63) is 0 Å². The monoisotopic (exact) mass is 223 g/mol. The number of carbonyl (C=O) groups is 2. The third-order valence-corrected chi connectivity index (χ3v) is 1.52. The molecule has 0 bridgehead atoms. The Morgan fingerprint density at radius 2 is 1.87 bits per heavy atom. The number of ether oxygens (including phenoxy) is 1. The number of esters is 1. The Balaban J connectivity index is 3.98. The van der Waals surface area contributed by atoms with Gasteiger partial charge in [0, 0.05) is 0 Å². The van der Waals surface area contributed by atoms with E-state index in [2.05, 4.69) is 4.74 Å². The molecule has 15 heavy (non-hydrogen) atoms. The van der Waals surface area contributed by atoms with Crippen LogP contribution >= 0.6 is 0 Å². The Bertz CT molecular complexity index is 231. The van der Waals surface area contributed by atoms with Crippen molar-refractivity contribution in [2.24, 2.45) is 5.73 Å². The highest BCUT2D eigenvalue weighted by Crippen LogP contribution is 1.96. The maximum absolute atomic E-state index is 10.9. The number of carboxylic acids is 1. The van der Waals surface area contributed by atoms with Crippen LogP contribution in [0.2, 0.25) is 0 Å². The van der Waals surface area contributed by atoms with Crippen LogP contribution < -0.4 is 5.73 Å². The Morgan fingerprint density at radius 3 is 2.27 bits per heavy atom. The highest BCUT2D eigenvalue weighted by Gasteiger charge is 2.26. The number of hydrogen-bond donors (Lipinski definition) is 5. The normalized spacial score (nSPS) is 16.5. The van der Waals surface area contributed by atoms with Crippen molar-refractivity contribution in [2.45, 2.75) is 18.2 Å². The molecule has 0 aliphatic heterocycles. The number of carbonyl (C=O) groups excluding carboxylic acids is 1. The average Bonchev–Trinajstić information content (AvgIpc) is 2.22. The fourth-order valence-electron chi connectivity index (χ4n) is 0.586. The van der Waals surface area contributed by atoms with E-state index in [1.165, 1.54) is 0 Å². The summed E-state index contributed by atoms with van der Waals surface area (Å²) >= 11 is 0. The lowest BCUT2D eigenvalue weighted by molar-refractivity contribution is -0.162. The summed E-state index contributed by atoms with van der Waals surface area (Å²) in [5.74, 6) is -2.60. The summed E-state index contributed by atoms with van der Waals surface area (Å²) in [7, 11) is 0. The van der Waals surface area contributed by atoms with Crippen molar-refractivity contribution in [1.29, 1.82) is 0 Å². The van der Waals surface area contributed by atoms with Crippen molar-refractivity contribution < 1.29 is 34.8 Å². The summed E-state index contributed by atoms with van der Waals surface area (Å²) in [5, 5.41) is 34.5. The Labute approximate surface area is 84.9 Å². The molecular formula is C7H13NO7. The SMILES string of the molecule is NC(COC(=O)C(O)C(O)CO)C(=O)O. The number of hydrogen-bond acceptors (Lipinski definition) is 7. The number of aliphatic carboxylic acids is 1. The van der Waals surface area contributed by atoms with Gasteiger partial charge in [-0.15, -0.1) is 0 Å². The molecule has 3 unspecified atom stereocenters. The van der Waals surface area contributed by atoms with Crippen LogP contribution in [0, 0.1) is 0 Å². The van der Waals surface area contributed by atoms with Gasteiger partial charge in [0.1, 0.15) is 18.8 Å². The van der Waals surface area contributed by atoms with Gasteiger partial charge in [0.15, 0.2) is 6.10 Å². The first-order valence-corrected chi connectivity index (χ1v) is 4.02. The molecule has 6 N–H and O–H groups in total. The second kappa shape index (κ2) is 6.30. The molecule has 0 aromatic heterocycles. The molecular weight excluding hydrogens is 210 g/mol. The molecule has 0 aliphatic rings. The number of nitrogens with two attached hydrogens (primary N) is 1. The first-order valence-electron chi connectivity index (χ1n) is 4.02. The van der Waals surface area contributed by atoms with E-state index in [1.807, 2.05) is 0 Å². The van der Waals surface area contributed by atoms with Crippen LogP contribution in [-0.4, -0.2) is 63.8 Å². The van der Waals surface area contributed by atoms with Crippen molar-refractivity contribution in [3.8, 4) is 0 Å². The van der Waals surface area contributed by atoms with Crippen LogP contribution in [0.25, 0.3) is 0 Å². The molecule has 0 aliphatic carbocycles. The van der Waals surface area contributed by atoms with E-state index >= 15 is 0 Å². The lowest BCUT2D eigenvalue weighted by Gasteiger charge is -2.15. The largest absolute Gasteiger partial charge is 0.480 e. The summed E-state index contributed by atoms with van der Waals surface area (Å²) < 4.78 is 4.28. The quantitative estimate of drug-likeness (QED) is 0.293. The molecule has 0 saturated heterocycles. The zero-order valence-corrected chi connectivity index (χ0v) is 7.74. The average molecular weight is 223 g/mol. The zero-order valence-electron chi connectivity index (χ0n) is 7.74. The zero-order chi connectivity index (χ0) is 12.0. The molecule has 0 spiro atoms. The molecule has 0 aromatic rings. The Kier molecular flexibility index (Phi) is 5.79. The van der Waals surface area contributed by atoms with Crippen molar-refractivity contribution in [3.63, 3.8) is 0 Å². The minimum Gasteiger partial charge on any atom is -0.480 e. The van der Waals surface area contributed by atoms with Gasteiger partial charge in [-0.2, -0.15) is 0 Å². The van der Waals surface area contributed by atoms with Crippen LogP contribution in [0.15, 0.2) is 0 Å². The predicted molar refractivity (Wildman–Crippen MR) is 45.7 cm³/mol. The van der Waals surface area contributed by atoms with Gasteiger partial charge >= 0.3 is 11.9 Å². The first kappa shape index (κ1) is 13.8. The number of aliphatic hydroxyl groups excluding tert-OH is 3. The van der Waals surface area contributed by atoms with Gasteiger partial charge in [-0.3, -0.25) is 4.79 Å². The molecule has 0 aromatic carbocycles. The van der Waals surface area contributed by atoms with Crippen molar-refractivity contribution in [2.75, 3.05) is 13.2 Å². The molecule has 0 fully saturated rings. The Hall–Kier alpha value is -1.22. The summed E-state index contributed by atoms with van der Waals surface area (Å²) in [4.78, 5) is 21.1. The van der Waals surface area contributed by atoms with Gasteiger partial charge in [-0.05, 0) is 0 Å². The van der Waals surface area contributed by atoms with E-state index in [1.54, 1.807) is 0 Å². The van der Waals surface area contributed by atoms with E-state index in [4.69, 9.17) is 26.2 Å². The minimum absolute atomic E-state index is 0.622. The third kappa shape index (κ3) is 4.70. The standard InChI is InChI=1S/C7H13NO7/c8-3(6(12)13)2-15-7(14)5(11)4(10)1-9/h3-5,9-11H,1-2,8H2,(H,12,13). The summed E-state index contributed by atoms with van der Waals surface area (Å²) in [6.45, 7) is -1.44. The number of aliphatic hydroxyl groups is 3. The van der Waals surface area contributed by atoms with E-state index < -0.39 is 43.4 Å². The third-order valence-electron chi connectivity index (χ3n) is 1.52. The minimum atomic E-state index is -1.92. The molecule has 0 heterocycles. The number of rotatable bonds is 6. The van der Waals surface area contributed by atoms with Gasteiger partial charge in [0.2, 0.25) is 0 Å². The molecule has 88 valence electrons. The van der Waals surface area contributed by atoms with Gasteiger partial charge in [-0.25, -0.2) is 4.79 Å². The smallest absolute Gasteiger partial charge is 0.337 e. The first-order chi connectivity index (χ1) is 6.90. The summed E-state index contributed by atoms with van der Waals surface area (Å²) in [6.07, 6.45) is -3.59. The molecule has 0 amide bonds.